The first-order valence-electron chi connectivity index (χ1n) is 5.85. The summed E-state index contributed by atoms with van der Waals surface area (Å²) >= 11 is 0. The molecule has 0 aliphatic heterocycles. The van der Waals surface area contributed by atoms with E-state index < -0.39 is 0 Å². The molecule has 14 heavy (non-hydrogen) atoms. The summed E-state index contributed by atoms with van der Waals surface area (Å²) < 4.78 is 0. The maximum Gasteiger partial charge on any atom is -0.0146 e. The summed E-state index contributed by atoms with van der Waals surface area (Å²) in [6.07, 6.45) is 7.83. The Bertz CT molecular complexity index is 280. The molecule has 0 heterocycles. The van der Waals surface area contributed by atoms with Crippen LogP contribution in [-0.2, 0) is 0 Å². The van der Waals surface area contributed by atoms with Crippen LogP contribution in [0, 0.1) is 17.3 Å². The van der Waals surface area contributed by atoms with Crippen molar-refractivity contribution in [1.82, 2.24) is 0 Å². The smallest absolute Gasteiger partial charge is 0.0146 e. The van der Waals surface area contributed by atoms with Crippen molar-refractivity contribution in [2.75, 3.05) is 0 Å². The van der Waals surface area contributed by atoms with E-state index in [2.05, 4.69) is 33.4 Å². The molecule has 2 rings (SSSR count). The molecule has 2 aliphatic rings. The van der Waals surface area contributed by atoms with Crippen LogP contribution in [0.3, 0.4) is 0 Å². The van der Waals surface area contributed by atoms with E-state index in [-0.39, 0.29) is 0 Å². The number of allylic oxidation sites excluding steroid dienone is 3. The molecule has 2 fully saturated rings. The van der Waals surface area contributed by atoms with Gasteiger partial charge in [-0.2, -0.15) is 0 Å². The summed E-state index contributed by atoms with van der Waals surface area (Å²) in [6.45, 7) is 11.1. The number of fused-ring (bicyclic) bond motifs is 2. The van der Waals surface area contributed by atoms with Crippen LogP contribution in [0.2, 0.25) is 0 Å². The fourth-order valence-electron chi connectivity index (χ4n) is 3.51. The van der Waals surface area contributed by atoms with Crippen molar-refractivity contribution < 1.29 is 0 Å². The minimum atomic E-state index is 0.550. The van der Waals surface area contributed by atoms with E-state index in [1.54, 1.807) is 0 Å². The second-order valence-electron chi connectivity index (χ2n) is 5.68. The predicted molar refractivity (Wildman–Crippen MR) is 62.1 cm³/mol. The van der Waals surface area contributed by atoms with E-state index in [1.807, 2.05) is 0 Å². The topological polar surface area (TPSA) is 0 Å². The fourth-order valence-corrected chi connectivity index (χ4v) is 3.51. The molecule has 0 aromatic rings. The zero-order chi connectivity index (χ0) is 10.3. The van der Waals surface area contributed by atoms with Gasteiger partial charge in [-0.1, -0.05) is 30.7 Å². The van der Waals surface area contributed by atoms with Gasteiger partial charge < -0.3 is 0 Å². The second kappa shape index (κ2) is 3.25. The molecular weight excluding hydrogens is 168 g/mol. The lowest BCUT2D eigenvalue weighted by Crippen LogP contribution is -2.21. The van der Waals surface area contributed by atoms with Crippen LogP contribution >= 0.6 is 0 Å². The minimum absolute atomic E-state index is 0.550. The van der Waals surface area contributed by atoms with Crippen LogP contribution in [0.5, 0.6) is 0 Å². The van der Waals surface area contributed by atoms with Crippen molar-refractivity contribution in [3.8, 4) is 0 Å². The summed E-state index contributed by atoms with van der Waals surface area (Å²) in [6, 6.07) is 0. The molecule has 0 aromatic carbocycles. The van der Waals surface area contributed by atoms with Crippen LogP contribution < -0.4 is 0 Å². The minimum Gasteiger partial charge on any atom is -0.0995 e. The van der Waals surface area contributed by atoms with Gasteiger partial charge in [0.2, 0.25) is 0 Å². The van der Waals surface area contributed by atoms with Crippen molar-refractivity contribution in [3.05, 3.63) is 23.8 Å². The first-order valence-corrected chi connectivity index (χ1v) is 5.85. The Morgan fingerprint density at radius 3 is 2.64 bits per heavy atom. The quantitative estimate of drug-likeness (QED) is 0.568. The lowest BCUT2D eigenvalue weighted by molar-refractivity contribution is 0.235. The second-order valence-corrected chi connectivity index (χ2v) is 5.68. The van der Waals surface area contributed by atoms with Crippen LogP contribution in [-0.4, -0.2) is 0 Å². The third-order valence-corrected chi connectivity index (χ3v) is 4.48. The summed E-state index contributed by atoms with van der Waals surface area (Å²) in [7, 11) is 0. The monoisotopic (exact) mass is 190 g/mol. The van der Waals surface area contributed by atoms with Gasteiger partial charge in [-0.3, -0.25) is 0 Å². The van der Waals surface area contributed by atoms with E-state index in [4.69, 9.17) is 0 Å². The van der Waals surface area contributed by atoms with Gasteiger partial charge in [-0.05, 0) is 56.8 Å². The van der Waals surface area contributed by atoms with Gasteiger partial charge in [0.05, 0.1) is 0 Å². The summed E-state index contributed by atoms with van der Waals surface area (Å²) in [5.74, 6) is 1.75. The summed E-state index contributed by atoms with van der Waals surface area (Å²) in [5, 5.41) is 0. The highest BCUT2D eigenvalue weighted by Gasteiger charge is 2.51. The zero-order valence-corrected chi connectivity index (χ0v) is 9.77. The van der Waals surface area contributed by atoms with Gasteiger partial charge in [-0.15, -0.1) is 0 Å². The Hall–Kier alpha value is -0.520. The molecule has 0 aromatic heterocycles. The molecule has 0 radical (unpaired) electrons. The maximum atomic E-state index is 4.24. The van der Waals surface area contributed by atoms with E-state index in [0.29, 0.717) is 5.41 Å². The van der Waals surface area contributed by atoms with Crippen molar-refractivity contribution in [2.24, 2.45) is 17.3 Å². The van der Waals surface area contributed by atoms with Crippen molar-refractivity contribution >= 4 is 0 Å². The Balaban J connectivity index is 2.17. The number of hydrogen-bond donors (Lipinski definition) is 0. The van der Waals surface area contributed by atoms with Gasteiger partial charge in [0.1, 0.15) is 0 Å². The molecule has 3 unspecified atom stereocenters. The van der Waals surface area contributed by atoms with Crippen LogP contribution in [0.15, 0.2) is 23.8 Å². The summed E-state index contributed by atoms with van der Waals surface area (Å²) in [5.41, 5.74) is 3.54. The molecule has 0 N–H and O–H groups in total. The van der Waals surface area contributed by atoms with Crippen LogP contribution in [0.1, 0.15) is 46.5 Å². The molecule has 3 atom stereocenters. The number of hydrogen-bond acceptors (Lipinski definition) is 0. The third kappa shape index (κ3) is 1.36. The first kappa shape index (κ1) is 10.0. The fraction of sp³-hybridized carbons (Fsp3) is 0.714. The Labute approximate surface area is 88.1 Å². The third-order valence-electron chi connectivity index (χ3n) is 4.48. The van der Waals surface area contributed by atoms with Gasteiger partial charge >= 0.3 is 0 Å². The van der Waals surface area contributed by atoms with E-state index in [1.165, 1.54) is 36.8 Å². The molecule has 0 amide bonds. The lowest BCUT2D eigenvalue weighted by Gasteiger charge is -2.28. The molecule has 0 saturated heterocycles. The number of rotatable bonds is 2. The Kier molecular flexibility index (Phi) is 2.33. The lowest BCUT2D eigenvalue weighted by atomic mass is 9.76. The van der Waals surface area contributed by atoms with Crippen molar-refractivity contribution in [2.45, 2.75) is 46.5 Å². The average Bonchev–Trinajstić information content (AvgIpc) is 2.54. The van der Waals surface area contributed by atoms with Gasteiger partial charge in [0, 0.05) is 0 Å². The van der Waals surface area contributed by atoms with Gasteiger partial charge in [0.15, 0.2) is 0 Å². The van der Waals surface area contributed by atoms with E-state index in [9.17, 15) is 0 Å². The van der Waals surface area contributed by atoms with E-state index in [0.717, 1.165) is 11.8 Å². The standard InChI is InChI=1S/C14H22/c1-10(2)7-8-14(4)12-5-6-13(14)11(3)9-12/h7,12-13H,3,5-6,8-9H2,1-2,4H3. The normalized spacial score (nSPS) is 40.4. The highest BCUT2D eigenvalue weighted by atomic mass is 14.6. The zero-order valence-electron chi connectivity index (χ0n) is 9.77. The van der Waals surface area contributed by atoms with Crippen LogP contribution in [0.4, 0.5) is 0 Å². The molecule has 0 spiro atoms. The highest BCUT2D eigenvalue weighted by Crippen LogP contribution is 2.61. The average molecular weight is 190 g/mol. The Morgan fingerprint density at radius 2 is 2.21 bits per heavy atom. The van der Waals surface area contributed by atoms with Crippen molar-refractivity contribution in [3.63, 3.8) is 0 Å². The molecule has 2 aliphatic carbocycles. The molecule has 0 heteroatoms. The molecule has 2 saturated carbocycles. The molecule has 78 valence electrons. The van der Waals surface area contributed by atoms with Crippen molar-refractivity contribution in [1.29, 1.82) is 0 Å². The molecule has 0 nitrogen and oxygen atoms in total. The first-order chi connectivity index (χ1) is 6.54. The van der Waals surface area contributed by atoms with Crippen LogP contribution in [0.25, 0.3) is 0 Å². The predicted octanol–water partition coefficient (Wildman–Crippen LogP) is 4.34. The Morgan fingerprint density at radius 1 is 1.50 bits per heavy atom. The SMILES string of the molecule is C=C1CC2CCC1C2(C)CC=C(C)C. The molecular formula is C14H22. The van der Waals surface area contributed by atoms with E-state index >= 15 is 0 Å². The van der Waals surface area contributed by atoms with Gasteiger partial charge in [0.25, 0.3) is 0 Å². The molecule has 2 bridgehead atoms. The largest absolute Gasteiger partial charge is 0.0995 e. The summed E-state index contributed by atoms with van der Waals surface area (Å²) in [4.78, 5) is 0. The van der Waals surface area contributed by atoms with Gasteiger partial charge in [-0.25, -0.2) is 0 Å². The highest BCUT2D eigenvalue weighted by molar-refractivity contribution is 5.22. The maximum absolute atomic E-state index is 4.24.